The Morgan fingerprint density at radius 2 is 2.00 bits per heavy atom. The predicted molar refractivity (Wildman–Crippen MR) is 112 cm³/mol. The number of hydrogen-bond donors (Lipinski definition) is 1. The van der Waals surface area contributed by atoms with Crippen LogP contribution in [-0.2, 0) is 0 Å². The van der Waals surface area contributed by atoms with Crippen molar-refractivity contribution in [3.8, 4) is 32.6 Å². The molecule has 1 aromatic carbocycles. The van der Waals surface area contributed by atoms with Crippen LogP contribution < -0.4 is 14.8 Å². The number of amides is 1. The fourth-order valence-electron chi connectivity index (χ4n) is 2.72. The van der Waals surface area contributed by atoms with Crippen LogP contribution in [0.25, 0.3) is 21.1 Å². The SMILES string of the molecule is O=C(Nc1nc(-c2ccc3c(c2)OCCO3)cs1)c1cnc(-c2cccs2)s1. The van der Waals surface area contributed by atoms with Crippen LogP contribution >= 0.6 is 34.0 Å². The van der Waals surface area contributed by atoms with Gasteiger partial charge in [0.15, 0.2) is 16.6 Å². The first-order chi connectivity index (χ1) is 13.8. The monoisotopic (exact) mass is 427 g/mol. The van der Waals surface area contributed by atoms with Gasteiger partial charge in [-0.25, -0.2) is 9.97 Å². The number of carbonyl (C=O) groups is 1. The largest absolute Gasteiger partial charge is 0.486 e. The maximum atomic E-state index is 12.5. The minimum absolute atomic E-state index is 0.205. The molecule has 0 atom stereocenters. The Labute approximate surface area is 172 Å². The second-order valence-electron chi connectivity index (χ2n) is 5.86. The number of thiazole rings is 2. The minimum Gasteiger partial charge on any atom is -0.486 e. The van der Waals surface area contributed by atoms with Gasteiger partial charge in [0.2, 0.25) is 0 Å². The van der Waals surface area contributed by atoms with Gasteiger partial charge in [-0.1, -0.05) is 6.07 Å². The smallest absolute Gasteiger partial charge is 0.269 e. The topological polar surface area (TPSA) is 73.3 Å². The molecule has 0 aliphatic carbocycles. The Morgan fingerprint density at radius 1 is 1.11 bits per heavy atom. The van der Waals surface area contributed by atoms with Crippen molar-refractivity contribution in [3.05, 3.63) is 52.2 Å². The molecular weight excluding hydrogens is 414 g/mol. The Bertz CT molecular complexity index is 1130. The molecule has 0 fully saturated rings. The second-order valence-corrected chi connectivity index (χ2v) is 8.69. The lowest BCUT2D eigenvalue weighted by atomic mass is 10.1. The Balaban J connectivity index is 1.32. The van der Waals surface area contributed by atoms with E-state index in [4.69, 9.17) is 9.47 Å². The molecule has 0 saturated heterocycles. The van der Waals surface area contributed by atoms with Crippen molar-refractivity contribution >= 4 is 45.0 Å². The molecule has 5 rings (SSSR count). The maximum absolute atomic E-state index is 12.5. The number of ether oxygens (including phenoxy) is 2. The van der Waals surface area contributed by atoms with Gasteiger partial charge in [0.05, 0.1) is 16.8 Å². The highest BCUT2D eigenvalue weighted by molar-refractivity contribution is 7.22. The molecule has 1 aliphatic heterocycles. The Kier molecular flexibility index (Phi) is 4.55. The molecule has 28 heavy (non-hydrogen) atoms. The molecule has 0 bridgehead atoms. The average Bonchev–Trinajstić information content (AvgIpc) is 3.48. The minimum atomic E-state index is -0.205. The van der Waals surface area contributed by atoms with Crippen LogP contribution in [0.5, 0.6) is 11.5 Å². The molecule has 1 aliphatic rings. The van der Waals surface area contributed by atoms with E-state index in [1.165, 1.54) is 22.7 Å². The normalized spacial score (nSPS) is 12.7. The van der Waals surface area contributed by atoms with Crippen LogP contribution in [0.15, 0.2) is 47.3 Å². The van der Waals surface area contributed by atoms with Gasteiger partial charge >= 0.3 is 0 Å². The lowest BCUT2D eigenvalue weighted by Crippen LogP contribution is -2.15. The number of fused-ring (bicyclic) bond motifs is 1. The molecule has 9 heteroatoms. The quantitative estimate of drug-likeness (QED) is 0.495. The van der Waals surface area contributed by atoms with Crippen LogP contribution in [0.2, 0.25) is 0 Å². The van der Waals surface area contributed by atoms with E-state index in [9.17, 15) is 4.79 Å². The van der Waals surface area contributed by atoms with Crippen LogP contribution in [0.4, 0.5) is 5.13 Å². The standard InChI is InChI=1S/C19H13N3O3S3/c23-17(16-9-20-18(28-16)15-2-1-7-26-15)22-19-21-12(10-27-19)11-3-4-13-14(8-11)25-6-5-24-13/h1-4,7-10H,5-6H2,(H,21,22,23). The van der Waals surface area contributed by atoms with E-state index in [-0.39, 0.29) is 5.91 Å². The van der Waals surface area contributed by atoms with Crippen molar-refractivity contribution in [3.63, 3.8) is 0 Å². The third kappa shape index (κ3) is 3.39. The highest BCUT2D eigenvalue weighted by Gasteiger charge is 2.16. The molecule has 1 amide bonds. The van der Waals surface area contributed by atoms with Gasteiger partial charge in [-0.05, 0) is 29.6 Å². The number of carbonyl (C=O) groups excluding carboxylic acids is 1. The van der Waals surface area contributed by atoms with Gasteiger partial charge < -0.3 is 9.47 Å². The number of nitrogens with one attached hydrogen (secondary N) is 1. The zero-order valence-corrected chi connectivity index (χ0v) is 16.8. The molecule has 6 nitrogen and oxygen atoms in total. The van der Waals surface area contributed by atoms with Crippen molar-refractivity contribution < 1.29 is 14.3 Å². The van der Waals surface area contributed by atoms with E-state index in [0.29, 0.717) is 29.0 Å². The average molecular weight is 428 g/mol. The number of anilines is 1. The summed E-state index contributed by atoms with van der Waals surface area (Å²) in [6, 6.07) is 9.68. The zero-order valence-electron chi connectivity index (χ0n) is 14.4. The van der Waals surface area contributed by atoms with Gasteiger partial charge in [-0.15, -0.1) is 34.0 Å². The van der Waals surface area contributed by atoms with Crippen LogP contribution in [0.3, 0.4) is 0 Å². The molecule has 0 spiro atoms. The Morgan fingerprint density at radius 3 is 2.86 bits per heavy atom. The lowest BCUT2D eigenvalue weighted by Gasteiger charge is -2.18. The lowest BCUT2D eigenvalue weighted by molar-refractivity contribution is 0.103. The fraction of sp³-hybridized carbons (Fsp3) is 0.105. The van der Waals surface area contributed by atoms with E-state index in [2.05, 4.69) is 15.3 Å². The molecule has 4 aromatic rings. The number of thiophene rings is 1. The van der Waals surface area contributed by atoms with E-state index < -0.39 is 0 Å². The summed E-state index contributed by atoms with van der Waals surface area (Å²) in [5.41, 5.74) is 1.69. The molecule has 0 unspecified atom stereocenters. The number of rotatable bonds is 4. The van der Waals surface area contributed by atoms with Gasteiger partial charge in [0, 0.05) is 10.9 Å². The van der Waals surface area contributed by atoms with Gasteiger partial charge in [0.1, 0.15) is 23.1 Å². The number of benzene rings is 1. The number of aromatic nitrogens is 2. The van der Waals surface area contributed by atoms with E-state index in [0.717, 1.165) is 26.9 Å². The molecule has 140 valence electrons. The van der Waals surface area contributed by atoms with Crippen molar-refractivity contribution in [1.29, 1.82) is 0 Å². The number of nitrogens with zero attached hydrogens (tertiary/aromatic N) is 2. The molecule has 0 saturated carbocycles. The van der Waals surface area contributed by atoms with Crippen LogP contribution in [0, 0.1) is 0 Å². The predicted octanol–water partition coefficient (Wildman–Crippen LogP) is 5.02. The maximum Gasteiger partial charge on any atom is 0.269 e. The highest BCUT2D eigenvalue weighted by Crippen LogP contribution is 2.35. The van der Waals surface area contributed by atoms with Crippen molar-refractivity contribution in [2.45, 2.75) is 0 Å². The van der Waals surface area contributed by atoms with Crippen molar-refractivity contribution in [2.24, 2.45) is 0 Å². The highest BCUT2D eigenvalue weighted by atomic mass is 32.1. The zero-order chi connectivity index (χ0) is 18.9. The van der Waals surface area contributed by atoms with Gasteiger partial charge in [-0.3, -0.25) is 10.1 Å². The summed E-state index contributed by atoms with van der Waals surface area (Å²) in [5.74, 6) is 1.25. The molecule has 1 N–H and O–H groups in total. The van der Waals surface area contributed by atoms with Crippen LogP contribution in [0.1, 0.15) is 9.67 Å². The summed E-state index contributed by atoms with van der Waals surface area (Å²) in [5, 5.41) is 8.14. The molecule has 4 heterocycles. The van der Waals surface area contributed by atoms with E-state index in [1.54, 1.807) is 17.5 Å². The third-order valence-corrected chi connectivity index (χ3v) is 6.82. The van der Waals surface area contributed by atoms with Gasteiger partial charge in [0.25, 0.3) is 5.91 Å². The third-order valence-electron chi connectivity index (χ3n) is 4.02. The van der Waals surface area contributed by atoms with Crippen molar-refractivity contribution in [2.75, 3.05) is 18.5 Å². The Hall–Kier alpha value is -2.75. The summed E-state index contributed by atoms with van der Waals surface area (Å²) in [6.45, 7) is 1.10. The molecule has 0 radical (unpaired) electrons. The van der Waals surface area contributed by atoms with E-state index in [1.807, 2.05) is 41.1 Å². The van der Waals surface area contributed by atoms with Gasteiger partial charge in [-0.2, -0.15) is 0 Å². The molecular formula is C19H13N3O3S3. The second kappa shape index (κ2) is 7.34. The summed E-state index contributed by atoms with van der Waals surface area (Å²) in [4.78, 5) is 23.0. The summed E-state index contributed by atoms with van der Waals surface area (Å²) < 4.78 is 11.2. The summed E-state index contributed by atoms with van der Waals surface area (Å²) >= 11 is 4.35. The first-order valence-corrected chi connectivity index (χ1v) is 11.0. The first kappa shape index (κ1) is 17.4. The molecule has 3 aromatic heterocycles. The fourth-order valence-corrected chi connectivity index (χ4v) is 5.05. The summed E-state index contributed by atoms with van der Waals surface area (Å²) in [6.07, 6.45) is 1.60. The van der Waals surface area contributed by atoms with Crippen LogP contribution in [-0.4, -0.2) is 29.1 Å². The first-order valence-electron chi connectivity index (χ1n) is 8.43. The van der Waals surface area contributed by atoms with E-state index >= 15 is 0 Å². The number of hydrogen-bond acceptors (Lipinski definition) is 8. The summed E-state index contributed by atoms with van der Waals surface area (Å²) in [7, 11) is 0. The van der Waals surface area contributed by atoms with Crippen molar-refractivity contribution in [1.82, 2.24) is 9.97 Å².